The first-order valence-corrected chi connectivity index (χ1v) is 7.87. The van der Waals surface area contributed by atoms with Gasteiger partial charge in [-0.15, -0.1) is 0 Å². The normalized spacial score (nSPS) is 25.2. The van der Waals surface area contributed by atoms with Crippen LogP contribution >= 0.6 is 0 Å². The second-order valence-electron chi connectivity index (χ2n) is 6.10. The SMILES string of the molecule is C/C(C#Cc1ccc(C)cc1)=C/CO/N=C1/CN2CCC1C2. The molecule has 2 fully saturated rings. The molecule has 114 valence electrons. The Morgan fingerprint density at radius 2 is 2.23 bits per heavy atom. The highest BCUT2D eigenvalue weighted by Crippen LogP contribution is 2.25. The zero-order chi connectivity index (χ0) is 15.4. The topological polar surface area (TPSA) is 24.8 Å². The maximum atomic E-state index is 5.43. The quantitative estimate of drug-likeness (QED) is 0.486. The molecule has 3 nitrogen and oxygen atoms in total. The van der Waals surface area contributed by atoms with Crippen molar-refractivity contribution in [3.63, 3.8) is 0 Å². The minimum atomic E-state index is 0.491. The van der Waals surface area contributed by atoms with E-state index >= 15 is 0 Å². The van der Waals surface area contributed by atoms with Crippen molar-refractivity contribution in [2.45, 2.75) is 20.3 Å². The first-order valence-electron chi connectivity index (χ1n) is 7.87. The van der Waals surface area contributed by atoms with Crippen molar-refractivity contribution in [3.05, 3.63) is 47.0 Å². The maximum Gasteiger partial charge on any atom is 0.136 e. The van der Waals surface area contributed by atoms with Gasteiger partial charge in [0.15, 0.2) is 0 Å². The van der Waals surface area contributed by atoms with Crippen molar-refractivity contribution in [2.24, 2.45) is 11.1 Å². The van der Waals surface area contributed by atoms with Gasteiger partial charge in [-0.25, -0.2) is 0 Å². The molecule has 1 aromatic rings. The summed E-state index contributed by atoms with van der Waals surface area (Å²) in [6.07, 6.45) is 3.22. The highest BCUT2D eigenvalue weighted by molar-refractivity contribution is 5.91. The van der Waals surface area contributed by atoms with Crippen LogP contribution in [0.3, 0.4) is 0 Å². The van der Waals surface area contributed by atoms with Gasteiger partial charge in [0.05, 0.1) is 5.71 Å². The Kier molecular flexibility index (Phi) is 4.60. The summed E-state index contributed by atoms with van der Waals surface area (Å²) in [7, 11) is 0. The Labute approximate surface area is 132 Å². The minimum Gasteiger partial charge on any atom is -0.392 e. The van der Waals surface area contributed by atoms with Crippen LogP contribution in [-0.2, 0) is 4.84 Å². The lowest BCUT2D eigenvalue weighted by Crippen LogP contribution is -2.23. The fourth-order valence-corrected chi connectivity index (χ4v) is 2.85. The summed E-state index contributed by atoms with van der Waals surface area (Å²) in [5.41, 5.74) is 4.51. The van der Waals surface area contributed by atoms with Crippen molar-refractivity contribution in [1.82, 2.24) is 4.90 Å². The number of hydrogen-bond donors (Lipinski definition) is 0. The van der Waals surface area contributed by atoms with Crippen molar-refractivity contribution in [3.8, 4) is 11.8 Å². The number of benzene rings is 1. The van der Waals surface area contributed by atoms with Crippen molar-refractivity contribution in [2.75, 3.05) is 26.2 Å². The van der Waals surface area contributed by atoms with E-state index in [1.807, 2.05) is 25.1 Å². The van der Waals surface area contributed by atoms with Gasteiger partial charge in [-0.3, -0.25) is 4.90 Å². The van der Waals surface area contributed by atoms with E-state index < -0.39 is 0 Å². The lowest BCUT2D eigenvalue weighted by Gasteiger charge is -2.12. The molecule has 2 heterocycles. The predicted molar refractivity (Wildman–Crippen MR) is 89.7 cm³/mol. The Hall–Kier alpha value is -2.05. The van der Waals surface area contributed by atoms with E-state index in [-0.39, 0.29) is 0 Å². The molecular weight excluding hydrogens is 272 g/mol. The molecule has 0 amide bonds. The molecule has 0 spiro atoms. The van der Waals surface area contributed by atoms with Gasteiger partial charge < -0.3 is 4.84 Å². The van der Waals surface area contributed by atoms with Crippen LogP contribution in [0.5, 0.6) is 0 Å². The van der Waals surface area contributed by atoms with E-state index in [1.54, 1.807) is 0 Å². The first kappa shape index (κ1) is 14.9. The number of hydrogen-bond acceptors (Lipinski definition) is 3. The molecule has 0 radical (unpaired) electrons. The predicted octanol–water partition coefficient (Wildman–Crippen LogP) is 3.00. The number of piperidine rings is 1. The molecule has 3 rings (SSSR count). The summed E-state index contributed by atoms with van der Waals surface area (Å²) >= 11 is 0. The summed E-state index contributed by atoms with van der Waals surface area (Å²) in [6.45, 7) is 7.94. The molecule has 0 N–H and O–H groups in total. The van der Waals surface area contributed by atoms with Gasteiger partial charge in [-0.1, -0.05) is 34.7 Å². The zero-order valence-corrected chi connectivity index (χ0v) is 13.3. The van der Waals surface area contributed by atoms with Gasteiger partial charge in [-0.05, 0) is 50.6 Å². The molecular formula is C19H22N2O. The molecule has 2 unspecified atom stereocenters. The minimum absolute atomic E-state index is 0.491. The molecule has 2 saturated heterocycles. The second kappa shape index (κ2) is 6.81. The monoisotopic (exact) mass is 294 g/mol. The van der Waals surface area contributed by atoms with E-state index in [1.165, 1.54) is 30.8 Å². The molecule has 0 aliphatic carbocycles. The smallest absolute Gasteiger partial charge is 0.136 e. The third-order valence-corrected chi connectivity index (χ3v) is 4.23. The summed E-state index contributed by atoms with van der Waals surface area (Å²) in [6, 6.07) is 8.24. The number of rotatable bonds is 3. The summed E-state index contributed by atoms with van der Waals surface area (Å²) in [5, 5.41) is 4.29. The van der Waals surface area contributed by atoms with Crippen molar-refractivity contribution in [1.29, 1.82) is 0 Å². The molecule has 0 aromatic heterocycles. The van der Waals surface area contributed by atoms with Crippen molar-refractivity contribution >= 4 is 5.71 Å². The van der Waals surface area contributed by atoms with Gasteiger partial charge in [0.25, 0.3) is 0 Å². The first-order chi connectivity index (χ1) is 10.7. The third kappa shape index (κ3) is 3.78. The van der Waals surface area contributed by atoms with Crippen LogP contribution in [0.1, 0.15) is 24.5 Å². The number of oxime groups is 1. The van der Waals surface area contributed by atoms with Gasteiger partial charge in [0, 0.05) is 24.6 Å². The van der Waals surface area contributed by atoms with Gasteiger partial charge in [-0.2, -0.15) is 0 Å². The van der Waals surface area contributed by atoms with Crippen LogP contribution in [-0.4, -0.2) is 36.9 Å². The van der Waals surface area contributed by atoms with Crippen LogP contribution in [0.4, 0.5) is 0 Å². The van der Waals surface area contributed by atoms with Crippen LogP contribution in [0.25, 0.3) is 0 Å². The second-order valence-corrected chi connectivity index (χ2v) is 6.10. The lowest BCUT2D eigenvalue weighted by atomic mass is 10.0. The number of aryl methyl sites for hydroxylation is 1. The summed E-state index contributed by atoms with van der Waals surface area (Å²) in [4.78, 5) is 7.86. The molecule has 2 bridgehead atoms. The molecule has 2 atom stereocenters. The van der Waals surface area contributed by atoms with Crippen LogP contribution in [0.2, 0.25) is 0 Å². The molecule has 3 heteroatoms. The largest absolute Gasteiger partial charge is 0.392 e. The molecule has 2 aliphatic rings. The molecule has 1 aromatic carbocycles. The van der Waals surface area contributed by atoms with E-state index in [0.717, 1.165) is 17.7 Å². The van der Waals surface area contributed by atoms with Gasteiger partial charge in [0.2, 0.25) is 0 Å². The lowest BCUT2D eigenvalue weighted by molar-refractivity contribution is 0.171. The summed E-state index contributed by atoms with van der Waals surface area (Å²) < 4.78 is 0. The van der Waals surface area contributed by atoms with Gasteiger partial charge >= 0.3 is 0 Å². The van der Waals surface area contributed by atoms with E-state index in [4.69, 9.17) is 4.84 Å². The average Bonchev–Trinajstić information content (AvgIpc) is 3.14. The molecule has 0 saturated carbocycles. The van der Waals surface area contributed by atoms with Crippen LogP contribution in [0, 0.1) is 24.7 Å². The Morgan fingerprint density at radius 1 is 1.41 bits per heavy atom. The van der Waals surface area contributed by atoms with Crippen molar-refractivity contribution < 1.29 is 4.84 Å². The van der Waals surface area contributed by atoms with Crippen LogP contribution in [0.15, 0.2) is 41.1 Å². The summed E-state index contributed by atoms with van der Waals surface area (Å²) in [5.74, 6) is 6.94. The standard InChI is InChI=1S/C19H22N2O/c1-15-3-6-17(7-4-15)8-5-16(2)10-12-22-20-19-14-21-11-9-18(19)13-21/h3-4,6-7,10,18H,9,11-14H2,1-2H3/b16-10-,20-19-. The Morgan fingerprint density at radius 3 is 2.91 bits per heavy atom. The Bertz CT molecular complexity index is 646. The average molecular weight is 294 g/mol. The fourth-order valence-electron chi connectivity index (χ4n) is 2.85. The van der Waals surface area contributed by atoms with Crippen LogP contribution < -0.4 is 0 Å². The zero-order valence-electron chi connectivity index (χ0n) is 13.3. The maximum absolute atomic E-state index is 5.43. The van der Waals surface area contributed by atoms with E-state index in [0.29, 0.717) is 12.5 Å². The highest BCUT2D eigenvalue weighted by Gasteiger charge is 2.35. The molecule has 22 heavy (non-hydrogen) atoms. The highest BCUT2D eigenvalue weighted by atomic mass is 16.6. The third-order valence-electron chi connectivity index (χ3n) is 4.23. The Balaban J connectivity index is 1.48. The number of fused-ring (bicyclic) bond motifs is 2. The molecule has 2 aliphatic heterocycles. The number of allylic oxidation sites excluding steroid dienone is 1. The van der Waals surface area contributed by atoms with Gasteiger partial charge in [0.1, 0.15) is 6.61 Å². The fraction of sp³-hybridized carbons (Fsp3) is 0.421. The van der Waals surface area contributed by atoms with E-state index in [2.05, 4.69) is 41.0 Å². The van der Waals surface area contributed by atoms with E-state index in [9.17, 15) is 0 Å². The number of nitrogens with zero attached hydrogens (tertiary/aromatic N) is 2.